The summed E-state index contributed by atoms with van der Waals surface area (Å²) >= 11 is 0. The van der Waals surface area contributed by atoms with Crippen LogP contribution in [0.5, 0.6) is 17.2 Å². The summed E-state index contributed by atoms with van der Waals surface area (Å²) in [6.45, 7) is 3.93. The molecule has 0 heterocycles. The number of amides is 1. The molecule has 0 aliphatic heterocycles. The van der Waals surface area contributed by atoms with Crippen LogP contribution in [0.25, 0.3) is 0 Å². The summed E-state index contributed by atoms with van der Waals surface area (Å²) in [5.74, 6) is 0.405. The standard InChI is InChI=1S/C20H23NO6/c1-3-10-25-15-4-6-16(7-5-15)26-12-19(22)21-18-9-8-17(11-14(18)2)27-13-20(23)24/h4-9,11H,3,10,12-13H2,1-2H3,(H,21,22)(H,23,24). The minimum absolute atomic E-state index is 0.133. The van der Waals surface area contributed by atoms with Gasteiger partial charge in [0.25, 0.3) is 5.91 Å². The van der Waals surface area contributed by atoms with Crippen LogP contribution in [-0.2, 0) is 9.59 Å². The number of aliphatic carboxylic acids is 1. The zero-order valence-electron chi connectivity index (χ0n) is 15.4. The van der Waals surface area contributed by atoms with Gasteiger partial charge in [0.15, 0.2) is 13.2 Å². The molecular weight excluding hydrogens is 350 g/mol. The van der Waals surface area contributed by atoms with E-state index < -0.39 is 12.6 Å². The first-order chi connectivity index (χ1) is 13.0. The molecule has 0 atom stereocenters. The maximum absolute atomic E-state index is 12.1. The molecule has 0 saturated heterocycles. The van der Waals surface area contributed by atoms with Gasteiger partial charge in [0.05, 0.1) is 6.61 Å². The van der Waals surface area contributed by atoms with Gasteiger partial charge in [-0.1, -0.05) is 6.92 Å². The Morgan fingerprint density at radius 3 is 2.11 bits per heavy atom. The molecule has 144 valence electrons. The second kappa shape index (κ2) is 10.1. The van der Waals surface area contributed by atoms with Crippen molar-refractivity contribution in [3.8, 4) is 17.2 Å². The fourth-order valence-electron chi connectivity index (χ4n) is 2.20. The molecule has 2 aromatic carbocycles. The normalized spacial score (nSPS) is 10.1. The number of carbonyl (C=O) groups excluding carboxylic acids is 1. The molecule has 7 nitrogen and oxygen atoms in total. The van der Waals surface area contributed by atoms with Crippen molar-refractivity contribution in [2.45, 2.75) is 20.3 Å². The largest absolute Gasteiger partial charge is 0.494 e. The van der Waals surface area contributed by atoms with E-state index in [9.17, 15) is 9.59 Å². The van der Waals surface area contributed by atoms with Crippen molar-refractivity contribution in [2.24, 2.45) is 0 Å². The molecule has 0 fully saturated rings. The number of nitrogens with one attached hydrogen (secondary N) is 1. The van der Waals surface area contributed by atoms with Gasteiger partial charge in [-0.15, -0.1) is 0 Å². The second-order valence-electron chi connectivity index (χ2n) is 5.82. The van der Waals surface area contributed by atoms with Gasteiger partial charge in [-0.25, -0.2) is 4.79 Å². The van der Waals surface area contributed by atoms with E-state index in [1.165, 1.54) is 0 Å². The fraction of sp³-hybridized carbons (Fsp3) is 0.300. The first kappa shape index (κ1) is 20.1. The molecule has 0 aromatic heterocycles. The number of aryl methyl sites for hydroxylation is 1. The van der Waals surface area contributed by atoms with E-state index >= 15 is 0 Å². The first-order valence-electron chi connectivity index (χ1n) is 8.58. The second-order valence-corrected chi connectivity index (χ2v) is 5.82. The lowest BCUT2D eigenvalue weighted by Gasteiger charge is -2.11. The number of carboxylic acid groups (broad SMARTS) is 1. The van der Waals surface area contributed by atoms with Gasteiger partial charge in [-0.05, 0) is 61.4 Å². The van der Waals surface area contributed by atoms with Crippen LogP contribution in [0.2, 0.25) is 0 Å². The molecule has 0 radical (unpaired) electrons. The highest BCUT2D eigenvalue weighted by Crippen LogP contribution is 2.22. The van der Waals surface area contributed by atoms with Crippen LogP contribution in [0.4, 0.5) is 5.69 Å². The maximum atomic E-state index is 12.1. The average molecular weight is 373 g/mol. The Labute approximate surface area is 157 Å². The highest BCUT2D eigenvalue weighted by Gasteiger charge is 2.08. The smallest absolute Gasteiger partial charge is 0.341 e. The lowest BCUT2D eigenvalue weighted by atomic mass is 10.2. The lowest BCUT2D eigenvalue weighted by molar-refractivity contribution is -0.139. The summed E-state index contributed by atoms with van der Waals surface area (Å²) in [5, 5.41) is 11.4. The fourth-order valence-corrected chi connectivity index (χ4v) is 2.20. The third kappa shape index (κ3) is 6.89. The van der Waals surface area contributed by atoms with Crippen molar-refractivity contribution in [3.63, 3.8) is 0 Å². The van der Waals surface area contributed by atoms with Gasteiger partial charge in [-0.3, -0.25) is 4.79 Å². The summed E-state index contributed by atoms with van der Waals surface area (Å²) in [7, 11) is 0. The van der Waals surface area contributed by atoms with Gasteiger partial charge >= 0.3 is 5.97 Å². The maximum Gasteiger partial charge on any atom is 0.341 e. The van der Waals surface area contributed by atoms with E-state index in [1.54, 1.807) is 49.4 Å². The molecular formula is C20H23NO6. The van der Waals surface area contributed by atoms with Crippen LogP contribution in [0, 0.1) is 6.92 Å². The molecule has 0 aliphatic rings. The molecule has 27 heavy (non-hydrogen) atoms. The molecule has 1 amide bonds. The molecule has 7 heteroatoms. The molecule has 0 spiro atoms. The number of hydrogen-bond acceptors (Lipinski definition) is 5. The van der Waals surface area contributed by atoms with E-state index in [1.807, 2.05) is 6.92 Å². The highest BCUT2D eigenvalue weighted by molar-refractivity contribution is 5.92. The van der Waals surface area contributed by atoms with E-state index in [0.717, 1.165) is 17.7 Å². The molecule has 0 saturated carbocycles. The summed E-state index contributed by atoms with van der Waals surface area (Å²) in [6.07, 6.45) is 0.935. The lowest BCUT2D eigenvalue weighted by Crippen LogP contribution is -2.20. The number of benzene rings is 2. The Morgan fingerprint density at radius 1 is 0.926 bits per heavy atom. The number of rotatable bonds is 10. The quantitative estimate of drug-likeness (QED) is 0.664. The van der Waals surface area contributed by atoms with Gasteiger partial charge in [0.2, 0.25) is 0 Å². The predicted octanol–water partition coefficient (Wildman–Crippen LogP) is 3.26. The summed E-state index contributed by atoms with van der Waals surface area (Å²) < 4.78 is 16.1. The van der Waals surface area contributed by atoms with Crippen molar-refractivity contribution < 1.29 is 28.9 Å². The van der Waals surface area contributed by atoms with Crippen molar-refractivity contribution in [3.05, 3.63) is 48.0 Å². The Balaban J connectivity index is 1.83. The Morgan fingerprint density at radius 2 is 1.52 bits per heavy atom. The predicted molar refractivity (Wildman–Crippen MR) is 101 cm³/mol. The minimum atomic E-state index is -1.05. The highest BCUT2D eigenvalue weighted by atomic mass is 16.5. The Hall–Kier alpha value is -3.22. The number of anilines is 1. The van der Waals surface area contributed by atoms with Crippen molar-refractivity contribution in [1.29, 1.82) is 0 Å². The van der Waals surface area contributed by atoms with E-state index in [2.05, 4.69) is 5.32 Å². The van der Waals surface area contributed by atoms with Crippen LogP contribution in [0.15, 0.2) is 42.5 Å². The van der Waals surface area contributed by atoms with E-state index in [4.69, 9.17) is 19.3 Å². The Bertz CT molecular complexity index is 773. The van der Waals surface area contributed by atoms with Crippen molar-refractivity contribution in [2.75, 3.05) is 25.1 Å². The monoisotopic (exact) mass is 373 g/mol. The SMILES string of the molecule is CCCOc1ccc(OCC(=O)Nc2ccc(OCC(=O)O)cc2C)cc1. The molecule has 2 rings (SSSR count). The number of ether oxygens (including phenoxy) is 3. The van der Waals surface area contributed by atoms with Crippen LogP contribution in [0.3, 0.4) is 0 Å². The summed E-state index contributed by atoms with van der Waals surface area (Å²) in [4.78, 5) is 22.6. The van der Waals surface area contributed by atoms with Crippen molar-refractivity contribution in [1.82, 2.24) is 0 Å². The Kier molecular flexibility index (Phi) is 7.49. The van der Waals surface area contributed by atoms with Crippen LogP contribution in [0.1, 0.15) is 18.9 Å². The van der Waals surface area contributed by atoms with Crippen molar-refractivity contribution >= 4 is 17.6 Å². The average Bonchev–Trinajstić information content (AvgIpc) is 2.65. The number of carboxylic acids is 1. The molecule has 0 unspecified atom stereocenters. The summed E-state index contributed by atoms with van der Waals surface area (Å²) in [5.41, 5.74) is 1.36. The summed E-state index contributed by atoms with van der Waals surface area (Å²) in [6, 6.07) is 12.0. The van der Waals surface area contributed by atoms with Crippen LogP contribution >= 0.6 is 0 Å². The van der Waals surface area contributed by atoms with E-state index in [-0.39, 0.29) is 12.5 Å². The molecule has 2 aromatic rings. The zero-order chi connectivity index (χ0) is 19.6. The van der Waals surface area contributed by atoms with Crippen LogP contribution < -0.4 is 19.5 Å². The first-order valence-corrected chi connectivity index (χ1v) is 8.58. The number of hydrogen-bond donors (Lipinski definition) is 2. The molecule has 0 aliphatic carbocycles. The van der Waals surface area contributed by atoms with Gasteiger partial charge < -0.3 is 24.6 Å². The topological polar surface area (TPSA) is 94.1 Å². The van der Waals surface area contributed by atoms with Crippen LogP contribution in [-0.4, -0.2) is 36.8 Å². The number of carbonyl (C=O) groups is 2. The van der Waals surface area contributed by atoms with Gasteiger partial charge in [0, 0.05) is 5.69 Å². The van der Waals surface area contributed by atoms with Gasteiger partial charge in [0.1, 0.15) is 17.2 Å². The third-order valence-electron chi connectivity index (χ3n) is 3.50. The van der Waals surface area contributed by atoms with E-state index in [0.29, 0.717) is 23.8 Å². The zero-order valence-corrected chi connectivity index (χ0v) is 15.4. The third-order valence-corrected chi connectivity index (χ3v) is 3.50. The molecule has 2 N–H and O–H groups in total. The molecule has 0 bridgehead atoms. The van der Waals surface area contributed by atoms with Gasteiger partial charge in [-0.2, -0.15) is 0 Å². The minimum Gasteiger partial charge on any atom is -0.494 e.